The van der Waals surface area contributed by atoms with Crippen LogP contribution in [0.3, 0.4) is 0 Å². The number of benzene rings is 4. The normalized spacial score (nSPS) is 13.8. The number of fused-ring (bicyclic) bond motifs is 6. The number of alkyl carbamates (subject to hydrolysis) is 1. The van der Waals surface area contributed by atoms with Crippen molar-refractivity contribution < 1.29 is 23.9 Å². The van der Waals surface area contributed by atoms with E-state index in [1.165, 1.54) is 0 Å². The highest BCUT2D eigenvalue weighted by atomic mass is 16.6. The van der Waals surface area contributed by atoms with Gasteiger partial charge >= 0.3 is 12.1 Å². The highest BCUT2D eigenvalue weighted by Crippen LogP contribution is 2.45. The number of hydrogen-bond donors (Lipinski definition) is 2. The molecule has 6 rings (SSSR count). The molecule has 0 radical (unpaired) electrons. The first-order valence-corrected chi connectivity index (χ1v) is 14.8. The van der Waals surface area contributed by atoms with Crippen molar-refractivity contribution in [2.45, 2.75) is 37.1 Å². The number of Topliss-reactive ketones (excluding diaryl/α,β-unsaturated/α-hetero) is 1. The molecule has 0 unspecified atom stereocenters. The molecule has 43 heavy (non-hydrogen) atoms. The first kappa shape index (κ1) is 28.4. The molecule has 0 saturated carbocycles. The van der Waals surface area contributed by atoms with Crippen LogP contribution < -0.4 is 11.1 Å². The standard InChI is InChI=1S/C36H34N2O5/c37-20-10-9-19-33(38-36(41)43-22-32-29-17-7-3-13-25(29)26-14-4-8-18-30(26)32)34(39)35(40)42-21-31-27-15-5-1-11-23(27)24-12-2-6-16-28(24)31/h1-8,11-18,31-33H,9-10,19-22,37H2,(H,38,41)/t33-/m0/s1. The predicted molar refractivity (Wildman–Crippen MR) is 165 cm³/mol. The van der Waals surface area contributed by atoms with E-state index in [4.69, 9.17) is 15.2 Å². The van der Waals surface area contributed by atoms with E-state index in [0.29, 0.717) is 19.4 Å². The average Bonchev–Trinajstić information content (AvgIpc) is 3.54. The summed E-state index contributed by atoms with van der Waals surface area (Å²) in [6.07, 6.45) is 0.720. The van der Waals surface area contributed by atoms with Gasteiger partial charge < -0.3 is 20.5 Å². The van der Waals surface area contributed by atoms with Gasteiger partial charge in [-0.1, -0.05) is 97.1 Å². The summed E-state index contributed by atoms with van der Waals surface area (Å²) in [6.45, 7) is 0.574. The summed E-state index contributed by atoms with van der Waals surface area (Å²) < 4.78 is 11.2. The molecule has 0 fully saturated rings. The van der Waals surface area contributed by atoms with Crippen molar-refractivity contribution >= 4 is 17.8 Å². The maximum Gasteiger partial charge on any atom is 0.407 e. The van der Waals surface area contributed by atoms with Crippen LogP contribution in [0.4, 0.5) is 4.79 Å². The molecule has 3 N–H and O–H groups in total. The minimum absolute atomic E-state index is 0.0268. The van der Waals surface area contributed by atoms with Crippen LogP contribution in [0.5, 0.6) is 0 Å². The van der Waals surface area contributed by atoms with Crippen molar-refractivity contribution in [1.82, 2.24) is 5.32 Å². The summed E-state index contributed by atoms with van der Waals surface area (Å²) in [5, 5.41) is 2.64. The third-order valence-electron chi connectivity index (χ3n) is 8.44. The predicted octanol–water partition coefficient (Wildman–Crippen LogP) is 5.95. The third kappa shape index (κ3) is 5.68. The first-order valence-electron chi connectivity index (χ1n) is 14.8. The number of nitrogens with one attached hydrogen (secondary N) is 1. The maximum atomic E-state index is 13.3. The number of hydrogen-bond acceptors (Lipinski definition) is 6. The van der Waals surface area contributed by atoms with Gasteiger partial charge in [0.2, 0.25) is 0 Å². The number of carbonyl (C=O) groups is 3. The van der Waals surface area contributed by atoms with Crippen LogP contribution in [-0.4, -0.2) is 43.6 Å². The highest BCUT2D eigenvalue weighted by molar-refractivity contribution is 6.36. The second-order valence-electron chi connectivity index (χ2n) is 11.0. The van der Waals surface area contributed by atoms with Crippen molar-refractivity contribution in [3.8, 4) is 22.3 Å². The minimum Gasteiger partial charge on any atom is -0.459 e. The summed E-state index contributed by atoms with van der Waals surface area (Å²) >= 11 is 0. The molecule has 1 amide bonds. The molecular formula is C36H34N2O5. The van der Waals surface area contributed by atoms with E-state index in [9.17, 15) is 14.4 Å². The lowest BCUT2D eigenvalue weighted by molar-refractivity contribution is -0.155. The van der Waals surface area contributed by atoms with E-state index in [-0.39, 0.29) is 31.5 Å². The van der Waals surface area contributed by atoms with E-state index in [2.05, 4.69) is 17.4 Å². The Balaban J connectivity index is 1.10. The number of ether oxygens (including phenoxy) is 2. The van der Waals surface area contributed by atoms with Crippen molar-refractivity contribution in [3.63, 3.8) is 0 Å². The summed E-state index contributed by atoms with van der Waals surface area (Å²) in [7, 11) is 0. The molecule has 7 heteroatoms. The molecule has 2 aliphatic carbocycles. The van der Waals surface area contributed by atoms with E-state index < -0.39 is 23.9 Å². The molecule has 4 aromatic rings. The Bertz CT molecular complexity index is 1570. The zero-order chi connectivity index (χ0) is 29.8. The minimum atomic E-state index is -1.07. The molecule has 7 nitrogen and oxygen atoms in total. The molecule has 0 saturated heterocycles. The Kier molecular flexibility index (Phi) is 8.34. The van der Waals surface area contributed by atoms with Crippen molar-refractivity contribution in [2.24, 2.45) is 5.73 Å². The molecule has 218 valence electrons. The maximum absolute atomic E-state index is 13.3. The molecule has 0 aromatic heterocycles. The van der Waals surface area contributed by atoms with Crippen LogP contribution in [0.15, 0.2) is 97.1 Å². The van der Waals surface area contributed by atoms with E-state index in [1.54, 1.807) is 0 Å². The van der Waals surface area contributed by atoms with Gasteiger partial charge in [0.15, 0.2) is 0 Å². The number of unbranched alkanes of at least 4 members (excludes halogenated alkanes) is 1. The topological polar surface area (TPSA) is 108 Å². The summed E-state index contributed by atoms with van der Waals surface area (Å²) in [5.41, 5.74) is 14.4. The van der Waals surface area contributed by atoms with Gasteiger partial charge in [-0.2, -0.15) is 0 Å². The van der Waals surface area contributed by atoms with Crippen LogP contribution in [0.25, 0.3) is 22.3 Å². The molecular weight excluding hydrogens is 540 g/mol. The van der Waals surface area contributed by atoms with E-state index in [0.717, 1.165) is 44.5 Å². The molecule has 0 heterocycles. The van der Waals surface area contributed by atoms with Crippen LogP contribution in [-0.2, 0) is 19.1 Å². The Morgan fingerprint density at radius 3 is 1.49 bits per heavy atom. The first-order chi connectivity index (χ1) is 21.1. The van der Waals surface area contributed by atoms with Gasteiger partial charge in [-0.05, 0) is 70.3 Å². The Morgan fingerprint density at radius 2 is 1.05 bits per heavy atom. The zero-order valence-electron chi connectivity index (χ0n) is 23.8. The van der Waals surface area contributed by atoms with Crippen LogP contribution in [0.1, 0.15) is 53.4 Å². The summed E-state index contributed by atoms with van der Waals surface area (Å²) in [5.74, 6) is -2.06. The lowest BCUT2D eigenvalue weighted by Crippen LogP contribution is -2.45. The van der Waals surface area contributed by atoms with Crippen LogP contribution in [0, 0.1) is 0 Å². The van der Waals surface area contributed by atoms with Gasteiger partial charge in [0, 0.05) is 11.8 Å². The molecule has 0 spiro atoms. The van der Waals surface area contributed by atoms with Crippen LogP contribution >= 0.6 is 0 Å². The van der Waals surface area contributed by atoms with Crippen molar-refractivity contribution in [3.05, 3.63) is 119 Å². The van der Waals surface area contributed by atoms with Gasteiger partial charge in [-0.3, -0.25) is 4.79 Å². The number of carbonyl (C=O) groups excluding carboxylic acids is 3. The fourth-order valence-electron chi connectivity index (χ4n) is 6.36. The Labute approximate surface area is 251 Å². The van der Waals surface area contributed by atoms with Gasteiger partial charge in [-0.15, -0.1) is 0 Å². The lowest BCUT2D eigenvalue weighted by atomic mass is 9.98. The fourth-order valence-corrected chi connectivity index (χ4v) is 6.36. The molecule has 2 aliphatic rings. The van der Waals surface area contributed by atoms with E-state index in [1.807, 2.05) is 84.9 Å². The number of amides is 1. The molecule has 4 aromatic carbocycles. The third-order valence-corrected chi connectivity index (χ3v) is 8.44. The SMILES string of the molecule is NCCCC[C@H](NC(=O)OCC1c2ccccc2-c2ccccc21)C(=O)C(=O)OCC1c2ccccc2-c2ccccc21. The molecule has 1 atom stereocenters. The number of rotatable bonds is 11. The Morgan fingerprint density at radius 1 is 0.628 bits per heavy atom. The number of ketones is 1. The number of esters is 1. The Hall–Kier alpha value is -4.75. The smallest absolute Gasteiger partial charge is 0.407 e. The monoisotopic (exact) mass is 574 g/mol. The summed E-state index contributed by atoms with van der Waals surface area (Å²) in [4.78, 5) is 39.3. The zero-order valence-corrected chi connectivity index (χ0v) is 23.8. The highest BCUT2D eigenvalue weighted by Gasteiger charge is 2.33. The van der Waals surface area contributed by atoms with Crippen LogP contribution in [0.2, 0.25) is 0 Å². The van der Waals surface area contributed by atoms with Gasteiger partial charge in [0.25, 0.3) is 5.78 Å². The molecule has 0 aliphatic heterocycles. The fraction of sp³-hybridized carbons (Fsp3) is 0.250. The van der Waals surface area contributed by atoms with Gasteiger partial charge in [0.05, 0.1) is 0 Å². The largest absolute Gasteiger partial charge is 0.459 e. The summed E-state index contributed by atoms with van der Waals surface area (Å²) in [6, 6.07) is 31.1. The quantitative estimate of drug-likeness (QED) is 0.130. The number of nitrogens with two attached hydrogens (primary N) is 1. The van der Waals surface area contributed by atoms with E-state index >= 15 is 0 Å². The second kappa shape index (κ2) is 12.6. The average molecular weight is 575 g/mol. The van der Waals surface area contributed by atoms with Gasteiger partial charge in [0.1, 0.15) is 19.3 Å². The van der Waals surface area contributed by atoms with Crippen molar-refractivity contribution in [2.75, 3.05) is 19.8 Å². The van der Waals surface area contributed by atoms with Gasteiger partial charge in [-0.25, -0.2) is 9.59 Å². The lowest BCUT2D eigenvalue weighted by Gasteiger charge is -2.19. The molecule has 0 bridgehead atoms. The van der Waals surface area contributed by atoms with Crippen molar-refractivity contribution in [1.29, 1.82) is 0 Å². The second-order valence-corrected chi connectivity index (χ2v) is 11.0.